The summed E-state index contributed by atoms with van der Waals surface area (Å²) in [6, 6.07) is 0. The lowest BCUT2D eigenvalue weighted by Crippen LogP contribution is -2.51. The zero-order chi connectivity index (χ0) is 22.1. The lowest BCUT2D eigenvalue weighted by molar-refractivity contribution is -0.109. The van der Waals surface area contributed by atoms with Crippen LogP contribution in [-0.4, -0.2) is 29.7 Å². The maximum atomic E-state index is 10.9. The van der Waals surface area contributed by atoms with Crippen LogP contribution in [0, 0.1) is 34.5 Å². The third kappa shape index (κ3) is 5.45. The van der Waals surface area contributed by atoms with Crippen LogP contribution in [-0.2, 0) is 4.79 Å². The Hall–Kier alpha value is -0.410. The Balaban J connectivity index is 0.000000989. The first kappa shape index (κ1) is 26.6. The van der Waals surface area contributed by atoms with Gasteiger partial charge < -0.3 is 15.0 Å². The Morgan fingerprint density at radius 3 is 2.17 bits per heavy atom. The largest absolute Gasteiger partial charge is 0.400 e. The van der Waals surface area contributed by atoms with Gasteiger partial charge >= 0.3 is 0 Å². The van der Waals surface area contributed by atoms with Crippen molar-refractivity contribution in [2.75, 3.05) is 7.11 Å². The molecule has 3 aliphatic rings. The smallest absolute Gasteiger partial charge is 0.119 e. The van der Waals surface area contributed by atoms with Crippen molar-refractivity contribution in [1.29, 1.82) is 0 Å². The van der Waals surface area contributed by atoms with Crippen LogP contribution in [0.1, 0.15) is 112 Å². The summed E-state index contributed by atoms with van der Waals surface area (Å²) in [5.41, 5.74) is 0.631. The zero-order valence-corrected chi connectivity index (χ0v) is 20.3. The topological polar surface area (TPSA) is 57.5 Å². The molecule has 3 fully saturated rings. The van der Waals surface area contributed by atoms with Crippen LogP contribution in [0.3, 0.4) is 0 Å². The summed E-state index contributed by atoms with van der Waals surface area (Å²) >= 11 is 0. The van der Waals surface area contributed by atoms with Gasteiger partial charge in [0.1, 0.15) is 6.29 Å². The van der Waals surface area contributed by atoms with Crippen LogP contribution < -0.4 is 0 Å². The van der Waals surface area contributed by atoms with Crippen LogP contribution in [0.15, 0.2) is 0 Å². The van der Waals surface area contributed by atoms with Gasteiger partial charge in [0.2, 0.25) is 0 Å². The van der Waals surface area contributed by atoms with Gasteiger partial charge in [-0.3, -0.25) is 0 Å². The SMILES string of the molecule is CC.CCC1C(C2(C)CCCCC2O)CCC2(C)C(CCCC=O)CCC12.CO. The fourth-order valence-electron chi connectivity index (χ4n) is 7.48. The second-order valence-electron chi connectivity index (χ2n) is 9.97. The van der Waals surface area contributed by atoms with Gasteiger partial charge in [-0.15, -0.1) is 0 Å². The van der Waals surface area contributed by atoms with Gasteiger partial charge in [0.15, 0.2) is 0 Å². The normalized spacial score (nSPS) is 41.3. The average molecular weight is 411 g/mol. The van der Waals surface area contributed by atoms with Crippen molar-refractivity contribution in [3.8, 4) is 0 Å². The molecule has 0 aromatic heterocycles. The predicted octanol–water partition coefficient (Wildman–Crippen LogP) is 6.40. The molecule has 0 aromatic carbocycles. The molecule has 7 atom stereocenters. The number of aliphatic hydroxyl groups excluding tert-OH is 2. The van der Waals surface area contributed by atoms with Gasteiger partial charge in [-0.25, -0.2) is 0 Å². The first-order chi connectivity index (χ1) is 14.0. The van der Waals surface area contributed by atoms with Crippen LogP contribution in [0.2, 0.25) is 0 Å². The second-order valence-corrected chi connectivity index (χ2v) is 9.97. The number of carbonyl (C=O) groups is 1. The number of rotatable bonds is 6. The maximum absolute atomic E-state index is 10.9. The van der Waals surface area contributed by atoms with E-state index in [1.165, 1.54) is 57.8 Å². The third-order valence-electron chi connectivity index (χ3n) is 9.03. The monoisotopic (exact) mass is 410 g/mol. The van der Waals surface area contributed by atoms with E-state index in [-0.39, 0.29) is 11.5 Å². The van der Waals surface area contributed by atoms with E-state index < -0.39 is 0 Å². The fraction of sp³-hybridized carbons (Fsp3) is 0.962. The van der Waals surface area contributed by atoms with Gasteiger partial charge in [-0.2, -0.15) is 0 Å². The Labute approximate surface area is 181 Å². The van der Waals surface area contributed by atoms with Gasteiger partial charge in [0.25, 0.3) is 0 Å². The van der Waals surface area contributed by atoms with Gasteiger partial charge in [-0.1, -0.05) is 53.9 Å². The van der Waals surface area contributed by atoms with Crippen LogP contribution >= 0.6 is 0 Å². The zero-order valence-electron chi connectivity index (χ0n) is 20.3. The molecule has 0 aliphatic heterocycles. The molecular formula is C26H50O3. The minimum absolute atomic E-state index is 0.0885. The van der Waals surface area contributed by atoms with Crippen molar-refractivity contribution < 1.29 is 15.0 Å². The number of aliphatic hydroxyl groups is 2. The summed E-state index contributed by atoms with van der Waals surface area (Å²) in [6.45, 7) is 11.4. The first-order valence-corrected chi connectivity index (χ1v) is 12.5. The predicted molar refractivity (Wildman–Crippen MR) is 123 cm³/mol. The van der Waals surface area contributed by atoms with E-state index in [1.54, 1.807) is 0 Å². The molecule has 3 aliphatic carbocycles. The maximum Gasteiger partial charge on any atom is 0.119 e. The van der Waals surface area contributed by atoms with E-state index in [9.17, 15) is 9.90 Å². The molecule has 3 rings (SSSR count). The Kier molecular flexibility index (Phi) is 11.4. The van der Waals surface area contributed by atoms with E-state index >= 15 is 0 Å². The van der Waals surface area contributed by atoms with Gasteiger partial charge in [-0.05, 0) is 85.9 Å². The van der Waals surface area contributed by atoms with Crippen molar-refractivity contribution in [3.63, 3.8) is 0 Å². The van der Waals surface area contributed by atoms with Gasteiger partial charge in [0, 0.05) is 13.5 Å². The minimum atomic E-state index is -0.0885. The molecule has 29 heavy (non-hydrogen) atoms. The summed E-state index contributed by atoms with van der Waals surface area (Å²) in [7, 11) is 1.00. The molecule has 7 unspecified atom stereocenters. The van der Waals surface area contributed by atoms with Crippen LogP contribution in [0.5, 0.6) is 0 Å². The molecule has 2 N–H and O–H groups in total. The average Bonchev–Trinajstić information content (AvgIpc) is 3.09. The Morgan fingerprint density at radius 2 is 1.59 bits per heavy atom. The number of hydrogen-bond donors (Lipinski definition) is 2. The molecule has 172 valence electrons. The Bertz CT molecular complexity index is 465. The molecule has 0 saturated heterocycles. The highest BCUT2D eigenvalue weighted by molar-refractivity contribution is 5.48. The molecule has 3 nitrogen and oxygen atoms in total. The number of fused-ring (bicyclic) bond motifs is 1. The molecule has 3 saturated carbocycles. The van der Waals surface area contributed by atoms with Crippen molar-refractivity contribution in [2.45, 2.75) is 118 Å². The minimum Gasteiger partial charge on any atom is -0.400 e. The van der Waals surface area contributed by atoms with E-state index in [1.807, 2.05) is 13.8 Å². The molecule has 0 radical (unpaired) electrons. The summed E-state index contributed by atoms with van der Waals surface area (Å²) in [6.07, 6.45) is 15.5. The highest BCUT2D eigenvalue weighted by Gasteiger charge is 2.57. The number of carbonyl (C=O) groups excluding carboxylic acids is 1. The van der Waals surface area contributed by atoms with E-state index in [4.69, 9.17) is 5.11 Å². The summed E-state index contributed by atoms with van der Waals surface area (Å²) in [5, 5.41) is 17.9. The number of hydrogen-bond acceptors (Lipinski definition) is 3. The lowest BCUT2D eigenvalue weighted by Gasteiger charge is -2.56. The number of aldehydes is 1. The highest BCUT2D eigenvalue weighted by Crippen LogP contribution is 2.64. The van der Waals surface area contributed by atoms with E-state index in [0.717, 1.165) is 50.4 Å². The summed E-state index contributed by atoms with van der Waals surface area (Å²) in [5.74, 6) is 3.15. The summed E-state index contributed by atoms with van der Waals surface area (Å²) in [4.78, 5) is 10.7. The van der Waals surface area contributed by atoms with Crippen molar-refractivity contribution in [2.24, 2.45) is 34.5 Å². The quantitative estimate of drug-likeness (QED) is 0.393. The highest BCUT2D eigenvalue weighted by atomic mass is 16.3. The molecule has 0 bridgehead atoms. The fourth-order valence-corrected chi connectivity index (χ4v) is 7.48. The molecule has 0 aromatic rings. The van der Waals surface area contributed by atoms with Crippen molar-refractivity contribution in [3.05, 3.63) is 0 Å². The second kappa shape index (κ2) is 12.4. The van der Waals surface area contributed by atoms with E-state index in [0.29, 0.717) is 11.3 Å². The lowest BCUT2D eigenvalue weighted by atomic mass is 9.50. The van der Waals surface area contributed by atoms with Crippen molar-refractivity contribution >= 4 is 6.29 Å². The first-order valence-electron chi connectivity index (χ1n) is 12.5. The molecule has 0 heterocycles. The number of unbranched alkanes of at least 4 members (excludes halogenated alkanes) is 1. The van der Waals surface area contributed by atoms with Crippen molar-refractivity contribution in [1.82, 2.24) is 0 Å². The van der Waals surface area contributed by atoms with Gasteiger partial charge in [0.05, 0.1) is 6.10 Å². The molecule has 0 spiro atoms. The molecule has 3 heteroatoms. The van der Waals surface area contributed by atoms with Crippen LogP contribution in [0.4, 0.5) is 0 Å². The molecule has 0 amide bonds. The summed E-state index contributed by atoms with van der Waals surface area (Å²) < 4.78 is 0. The molecular weight excluding hydrogens is 360 g/mol. The third-order valence-corrected chi connectivity index (χ3v) is 9.03. The Morgan fingerprint density at radius 1 is 0.931 bits per heavy atom. The standard InChI is InChI=1S/C23H40O2.C2H6.CH4O/c1-4-18-19-12-11-17(9-6-8-16-24)22(19,2)15-13-20(18)23(3)14-7-5-10-21(23)25;2*1-2/h16-21,25H,4-15H2,1-3H3;1-2H3;2H,1H3. The van der Waals surface area contributed by atoms with Crippen LogP contribution in [0.25, 0.3) is 0 Å². The van der Waals surface area contributed by atoms with E-state index in [2.05, 4.69) is 20.8 Å².